The summed E-state index contributed by atoms with van der Waals surface area (Å²) in [7, 11) is 1.45. The summed E-state index contributed by atoms with van der Waals surface area (Å²) in [5.41, 5.74) is 0.395. The van der Waals surface area contributed by atoms with Crippen LogP contribution >= 0.6 is 0 Å². The minimum Gasteiger partial charge on any atom is -0.495 e. The Hall–Kier alpha value is -2.24. The molecule has 1 rings (SSSR count). The number of rotatable bonds is 4. The normalized spacial score (nSPS) is 10.0. The summed E-state index contributed by atoms with van der Waals surface area (Å²) in [6, 6.07) is 3.83. The number of amides is 2. The Morgan fingerprint density at radius 1 is 1.33 bits per heavy atom. The van der Waals surface area contributed by atoms with Crippen LogP contribution in [-0.4, -0.2) is 30.3 Å². The second-order valence-electron chi connectivity index (χ2n) is 3.97. The molecule has 6 heteroatoms. The minimum absolute atomic E-state index is 0.0151. The van der Waals surface area contributed by atoms with E-state index >= 15 is 0 Å². The SMILES string of the molecule is COc1ccc(C(=O)O)cc1NC(=O)NC(C)C. The average molecular weight is 252 g/mol. The molecule has 18 heavy (non-hydrogen) atoms. The zero-order valence-electron chi connectivity index (χ0n) is 10.5. The lowest BCUT2D eigenvalue weighted by atomic mass is 10.2. The highest BCUT2D eigenvalue weighted by atomic mass is 16.5. The molecule has 0 unspecified atom stereocenters. The van der Waals surface area contributed by atoms with Crippen LogP contribution < -0.4 is 15.4 Å². The number of ether oxygens (including phenoxy) is 1. The van der Waals surface area contributed by atoms with E-state index in [1.165, 1.54) is 25.3 Å². The highest BCUT2D eigenvalue weighted by molar-refractivity contribution is 5.94. The lowest BCUT2D eigenvalue weighted by Crippen LogP contribution is -2.34. The van der Waals surface area contributed by atoms with Gasteiger partial charge in [-0.15, -0.1) is 0 Å². The molecule has 0 atom stereocenters. The van der Waals surface area contributed by atoms with Gasteiger partial charge < -0.3 is 20.5 Å². The predicted molar refractivity (Wildman–Crippen MR) is 67.2 cm³/mol. The smallest absolute Gasteiger partial charge is 0.335 e. The van der Waals surface area contributed by atoms with Crippen molar-refractivity contribution in [3.05, 3.63) is 23.8 Å². The van der Waals surface area contributed by atoms with Crippen LogP contribution in [0.2, 0.25) is 0 Å². The molecule has 0 spiro atoms. The van der Waals surface area contributed by atoms with Crippen LogP contribution in [0, 0.1) is 0 Å². The second kappa shape index (κ2) is 5.90. The maximum absolute atomic E-state index is 11.5. The van der Waals surface area contributed by atoms with E-state index in [0.717, 1.165) is 0 Å². The predicted octanol–water partition coefficient (Wildman–Crippen LogP) is 1.92. The van der Waals surface area contributed by atoms with Crippen molar-refractivity contribution in [3.8, 4) is 5.75 Å². The van der Waals surface area contributed by atoms with Crippen LogP contribution in [0.3, 0.4) is 0 Å². The van der Waals surface area contributed by atoms with Gasteiger partial charge in [0.25, 0.3) is 0 Å². The van der Waals surface area contributed by atoms with Crippen LogP contribution in [0.25, 0.3) is 0 Å². The van der Waals surface area contributed by atoms with E-state index in [0.29, 0.717) is 11.4 Å². The molecule has 0 radical (unpaired) electrons. The van der Waals surface area contributed by atoms with Crippen LogP contribution in [0.1, 0.15) is 24.2 Å². The molecule has 0 heterocycles. The van der Waals surface area contributed by atoms with E-state index in [9.17, 15) is 9.59 Å². The number of carbonyl (C=O) groups is 2. The van der Waals surface area contributed by atoms with Crippen molar-refractivity contribution < 1.29 is 19.4 Å². The Labute approximate surface area is 105 Å². The summed E-state index contributed by atoms with van der Waals surface area (Å²) in [6.45, 7) is 3.65. The van der Waals surface area contributed by atoms with Gasteiger partial charge in [-0.2, -0.15) is 0 Å². The lowest BCUT2D eigenvalue weighted by Gasteiger charge is -2.13. The Morgan fingerprint density at radius 2 is 2.00 bits per heavy atom. The second-order valence-corrected chi connectivity index (χ2v) is 3.97. The van der Waals surface area contributed by atoms with Crippen LogP contribution in [0.5, 0.6) is 5.75 Å². The lowest BCUT2D eigenvalue weighted by molar-refractivity contribution is 0.0697. The number of benzene rings is 1. The first-order chi connectivity index (χ1) is 8.43. The van der Waals surface area contributed by atoms with Crippen molar-refractivity contribution in [2.75, 3.05) is 12.4 Å². The van der Waals surface area contributed by atoms with Gasteiger partial charge in [-0.3, -0.25) is 0 Å². The molecular weight excluding hydrogens is 236 g/mol. The van der Waals surface area contributed by atoms with E-state index < -0.39 is 12.0 Å². The fraction of sp³-hybridized carbons (Fsp3) is 0.333. The average Bonchev–Trinajstić information content (AvgIpc) is 2.27. The monoisotopic (exact) mass is 252 g/mol. The van der Waals surface area contributed by atoms with E-state index in [1.807, 2.05) is 13.8 Å². The van der Waals surface area contributed by atoms with Gasteiger partial charge in [0.1, 0.15) is 5.75 Å². The van der Waals surface area contributed by atoms with Gasteiger partial charge in [-0.05, 0) is 32.0 Å². The largest absolute Gasteiger partial charge is 0.495 e. The zero-order chi connectivity index (χ0) is 13.7. The van der Waals surface area contributed by atoms with Crippen molar-refractivity contribution in [1.29, 1.82) is 0 Å². The van der Waals surface area contributed by atoms with Gasteiger partial charge in [0.2, 0.25) is 0 Å². The minimum atomic E-state index is -1.06. The highest BCUT2D eigenvalue weighted by Crippen LogP contribution is 2.25. The fourth-order valence-electron chi connectivity index (χ4n) is 1.36. The van der Waals surface area contributed by atoms with Gasteiger partial charge in [-0.1, -0.05) is 0 Å². The summed E-state index contributed by atoms with van der Waals surface area (Å²) in [5, 5.41) is 14.1. The summed E-state index contributed by atoms with van der Waals surface area (Å²) in [4.78, 5) is 22.4. The third-order valence-electron chi connectivity index (χ3n) is 2.11. The molecule has 1 aromatic carbocycles. The van der Waals surface area contributed by atoms with Crippen molar-refractivity contribution in [2.45, 2.75) is 19.9 Å². The van der Waals surface area contributed by atoms with Crippen LogP contribution in [0.4, 0.5) is 10.5 Å². The van der Waals surface area contributed by atoms with E-state index in [1.54, 1.807) is 0 Å². The Morgan fingerprint density at radius 3 is 2.50 bits per heavy atom. The number of aromatic carboxylic acids is 1. The zero-order valence-corrected chi connectivity index (χ0v) is 10.5. The molecule has 3 N–H and O–H groups in total. The molecule has 0 aromatic heterocycles. The topological polar surface area (TPSA) is 87.7 Å². The Bertz CT molecular complexity index is 457. The van der Waals surface area contributed by atoms with Gasteiger partial charge in [0.05, 0.1) is 18.4 Å². The third kappa shape index (κ3) is 3.65. The molecule has 0 bridgehead atoms. The number of hydrogen-bond acceptors (Lipinski definition) is 3. The van der Waals surface area contributed by atoms with Crippen molar-refractivity contribution in [3.63, 3.8) is 0 Å². The molecule has 0 aliphatic heterocycles. The van der Waals surface area contributed by atoms with Crippen LogP contribution in [0.15, 0.2) is 18.2 Å². The van der Waals surface area contributed by atoms with Crippen LogP contribution in [-0.2, 0) is 0 Å². The quantitative estimate of drug-likeness (QED) is 0.764. The summed E-state index contributed by atoms with van der Waals surface area (Å²) in [6.07, 6.45) is 0. The highest BCUT2D eigenvalue weighted by Gasteiger charge is 2.11. The molecule has 6 nitrogen and oxygen atoms in total. The number of methoxy groups -OCH3 is 1. The van der Waals surface area contributed by atoms with E-state index in [-0.39, 0.29) is 11.6 Å². The van der Waals surface area contributed by atoms with E-state index in [2.05, 4.69) is 10.6 Å². The number of nitrogens with one attached hydrogen (secondary N) is 2. The number of hydrogen-bond donors (Lipinski definition) is 3. The van der Waals surface area contributed by atoms with Gasteiger partial charge >= 0.3 is 12.0 Å². The van der Waals surface area contributed by atoms with Gasteiger partial charge in [0.15, 0.2) is 0 Å². The van der Waals surface area contributed by atoms with E-state index in [4.69, 9.17) is 9.84 Å². The Kier molecular flexibility index (Phi) is 4.53. The molecule has 0 saturated carbocycles. The molecule has 0 aliphatic carbocycles. The molecule has 0 saturated heterocycles. The number of carboxylic acids is 1. The molecular formula is C12H16N2O4. The number of carboxylic acid groups (broad SMARTS) is 1. The fourth-order valence-corrected chi connectivity index (χ4v) is 1.36. The third-order valence-corrected chi connectivity index (χ3v) is 2.11. The molecule has 0 fully saturated rings. The van der Waals surface area contributed by atoms with Gasteiger partial charge in [-0.25, -0.2) is 9.59 Å². The molecule has 98 valence electrons. The molecule has 2 amide bonds. The maximum atomic E-state index is 11.5. The summed E-state index contributed by atoms with van der Waals surface area (Å²) < 4.78 is 5.05. The van der Waals surface area contributed by atoms with Crippen molar-refractivity contribution in [2.24, 2.45) is 0 Å². The number of carbonyl (C=O) groups excluding carboxylic acids is 1. The summed E-state index contributed by atoms with van der Waals surface area (Å²) >= 11 is 0. The molecule has 1 aromatic rings. The van der Waals surface area contributed by atoms with Gasteiger partial charge in [0, 0.05) is 6.04 Å². The van der Waals surface area contributed by atoms with Crippen molar-refractivity contribution in [1.82, 2.24) is 5.32 Å². The Balaban J connectivity index is 2.94. The first-order valence-electron chi connectivity index (χ1n) is 5.43. The first kappa shape index (κ1) is 13.8. The standard InChI is InChI=1S/C12H16N2O4/c1-7(2)13-12(17)14-9-6-8(11(15)16)4-5-10(9)18-3/h4-7H,1-3H3,(H,15,16)(H2,13,14,17). The maximum Gasteiger partial charge on any atom is 0.335 e. The number of anilines is 1. The summed E-state index contributed by atoms with van der Waals surface area (Å²) in [5.74, 6) is -0.663. The van der Waals surface area contributed by atoms with Crippen molar-refractivity contribution >= 4 is 17.7 Å². The number of urea groups is 1. The first-order valence-corrected chi connectivity index (χ1v) is 5.43. The molecule has 0 aliphatic rings.